The Morgan fingerprint density at radius 1 is 0.500 bits per heavy atom. The minimum Gasteiger partial charge on any atom is -1.00 e. The summed E-state index contributed by atoms with van der Waals surface area (Å²) in [6.07, 6.45) is 10.0. The number of rotatable bonds is 4. The van der Waals surface area contributed by atoms with Crippen LogP contribution in [0, 0.1) is 6.08 Å². The fourth-order valence-corrected chi connectivity index (χ4v) is 10.1. The van der Waals surface area contributed by atoms with Crippen molar-refractivity contribution in [1.29, 1.82) is 0 Å². The van der Waals surface area contributed by atoms with E-state index in [1.54, 1.807) is 0 Å². The molecule has 0 saturated carbocycles. The minimum absolute atomic E-state index is 0. The van der Waals surface area contributed by atoms with E-state index in [0.717, 1.165) is 27.2 Å². The van der Waals surface area contributed by atoms with E-state index < -0.39 is 0 Å². The first-order chi connectivity index (χ1) is 29.8. The quantitative estimate of drug-likeness (QED) is 0.154. The first-order valence-electron chi connectivity index (χ1n) is 21.3. The second-order valence-electron chi connectivity index (χ2n) is 18.0. The second kappa shape index (κ2) is 20.8. The average molecular weight is 992 g/mol. The standard InChI is InChI=1S/C33H33.C21H12Cl2.C5H5.2ClH.Zr/c1-32(2,3)30-20-26-24(18-28(30)22-13-9-7-10-14-22)17-25-19-29(23-15-11-8-12-16-23)31(21-27(25)26)33(4,5)6;22-20-11-3-7-16-14(5-1-9-18(16)20)13-15-6-2-10-19-17(15)8-4-12-21(19)23;1-2-4-5-3-1;;;/h7-21H,1-6H3;1-12H;1-3H,4H2;2*1H;/q-1;;-1;;;+2/p-2. The molecule has 0 bridgehead atoms. The molecule has 0 nitrogen and oxygen atoms in total. The van der Waals surface area contributed by atoms with Crippen LogP contribution in [0.15, 0.2) is 182 Å². The van der Waals surface area contributed by atoms with Crippen LogP contribution in [0.1, 0.15) is 70.2 Å². The van der Waals surface area contributed by atoms with Gasteiger partial charge >= 0.3 is 166 Å². The molecule has 0 N–H and O–H groups in total. The van der Waals surface area contributed by atoms with Gasteiger partial charge in [0.1, 0.15) is 0 Å². The first-order valence-corrected chi connectivity index (χ1v) is 23.3. The molecule has 1 aliphatic rings. The maximum absolute atomic E-state index is 6.38. The van der Waals surface area contributed by atoms with E-state index in [2.05, 4.69) is 193 Å². The summed E-state index contributed by atoms with van der Waals surface area (Å²) < 4.78 is 1.31. The Kier molecular flexibility index (Phi) is 15.9. The molecule has 0 atom stereocenters. The number of halogens is 4. The molecule has 9 aromatic rings. The van der Waals surface area contributed by atoms with E-state index in [-0.39, 0.29) is 35.6 Å². The molecule has 5 heteroatoms. The summed E-state index contributed by atoms with van der Waals surface area (Å²) in [5.41, 5.74) is 10.6. The third-order valence-corrected chi connectivity index (χ3v) is 13.6. The van der Waals surface area contributed by atoms with E-state index in [1.165, 1.54) is 104 Å². The van der Waals surface area contributed by atoms with Gasteiger partial charge in [-0.25, -0.2) is 12.2 Å². The number of fused-ring (bicyclic) bond motifs is 5. The van der Waals surface area contributed by atoms with Crippen LogP contribution in [0.25, 0.3) is 65.3 Å². The van der Waals surface area contributed by atoms with Crippen LogP contribution >= 0.6 is 23.2 Å². The van der Waals surface area contributed by atoms with Gasteiger partial charge in [0.2, 0.25) is 0 Å². The van der Waals surface area contributed by atoms with Gasteiger partial charge in [-0.15, -0.1) is 46.2 Å². The first kappa shape index (κ1) is 49.0. The van der Waals surface area contributed by atoms with E-state index >= 15 is 0 Å². The van der Waals surface area contributed by atoms with Crippen molar-refractivity contribution in [2.45, 2.75) is 58.8 Å². The van der Waals surface area contributed by atoms with Crippen LogP contribution in [0.3, 0.4) is 0 Å². The zero-order chi connectivity index (χ0) is 43.6. The topological polar surface area (TPSA) is 0 Å². The van der Waals surface area contributed by atoms with Crippen LogP contribution in [-0.4, -0.2) is 3.21 Å². The van der Waals surface area contributed by atoms with Crippen LogP contribution in [0.2, 0.25) is 10.0 Å². The zero-order valence-corrected chi connectivity index (χ0v) is 42.5. The molecule has 0 aromatic heterocycles. The van der Waals surface area contributed by atoms with Crippen LogP contribution < -0.4 is 24.8 Å². The third kappa shape index (κ3) is 10.5. The number of hydrogen-bond donors (Lipinski definition) is 0. The predicted octanol–water partition coefficient (Wildman–Crippen LogP) is 11.4. The fraction of sp³-hybridized carbons (Fsp3) is 0.153. The number of benzene rings is 8. The molecule has 0 amide bonds. The molecule has 64 heavy (non-hydrogen) atoms. The van der Waals surface area contributed by atoms with Crippen molar-refractivity contribution in [2.75, 3.05) is 0 Å². The normalized spacial score (nSPS) is 12.0. The van der Waals surface area contributed by atoms with E-state index in [0.29, 0.717) is 0 Å². The monoisotopic (exact) mass is 988 g/mol. The molecule has 0 saturated heterocycles. The Morgan fingerprint density at radius 2 is 0.906 bits per heavy atom. The van der Waals surface area contributed by atoms with Gasteiger partial charge in [-0.3, -0.25) is 6.08 Å². The van der Waals surface area contributed by atoms with Gasteiger partial charge in [0.25, 0.3) is 0 Å². The fourth-order valence-electron chi connectivity index (χ4n) is 8.52. The van der Waals surface area contributed by atoms with E-state index in [1.807, 2.05) is 36.4 Å². The van der Waals surface area contributed by atoms with Crippen LogP contribution in [-0.2, 0) is 35.1 Å². The van der Waals surface area contributed by atoms with Gasteiger partial charge < -0.3 is 24.8 Å². The predicted molar refractivity (Wildman–Crippen MR) is 268 cm³/mol. The molecule has 1 aliphatic carbocycles. The Hall–Kier alpha value is -4.46. The van der Waals surface area contributed by atoms with Crippen molar-refractivity contribution in [2.24, 2.45) is 0 Å². The molecule has 0 aliphatic heterocycles. The summed E-state index contributed by atoms with van der Waals surface area (Å²) in [5.74, 6) is 0. The molecule has 0 heterocycles. The summed E-state index contributed by atoms with van der Waals surface area (Å²) in [4.78, 5) is 0. The van der Waals surface area contributed by atoms with Gasteiger partial charge in [0.05, 0.1) is 0 Å². The van der Waals surface area contributed by atoms with E-state index in [4.69, 9.17) is 23.2 Å². The molecular weight excluding hydrogens is 942 g/mol. The second-order valence-corrected chi connectivity index (χ2v) is 20.0. The molecular formula is C59H50Cl4Zr-2. The molecule has 0 fully saturated rings. The molecule has 10 rings (SSSR count). The van der Waals surface area contributed by atoms with Gasteiger partial charge in [0, 0.05) is 0 Å². The summed E-state index contributed by atoms with van der Waals surface area (Å²) in [6.45, 7) is 13.9. The molecule has 9 aromatic carbocycles. The van der Waals surface area contributed by atoms with Crippen LogP contribution in [0.4, 0.5) is 0 Å². The summed E-state index contributed by atoms with van der Waals surface area (Å²) in [6, 6.07) is 58.5. The molecule has 0 unspecified atom stereocenters. The maximum atomic E-state index is 6.38. The van der Waals surface area contributed by atoms with Crippen LogP contribution in [0.5, 0.6) is 0 Å². The Bertz CT molecular complexity index is 2930. The number of allylic oxidation sites excluding steroid dienone is 4. The summed E-state index contributed by atoms with van der Waals surface area (Å²) >= 11 is 14.1. The van der Waals surface area contributed by atoms with Gasteiger partial charge in [-0.05, 0) is 44.2 Å². The maximum Gasteiger partial charge on any atom is -0.109 e. The molecule has 0 spiro atoms. The van der Waals surface area contributed by atoms with Gasteiger partial charge in [-0.1, -0.05) is 114 Å². The van der Waals surface area contributed by atoms with Crippen molar-refractivity contribution in [3.8, 4) is 22.3 Å². The zero-order valence-electron chi connectivity index (χ0n) is 37.0. The minimum atomic E-state index is 0. The SMILES string of the molecule is CC(C)(C)c1cc2c(cc1-c1ccccc1)[cH-]c1cc(-c3ccccc3)c(C(C)(C)C)cc12.Clc1cccc2c([C](=[Zr+2])c3cccc4c(Cl)cccc34)cccc12.[C-]1=CC=CC1.[Cl-].[Cl-]. The van der Waals surface area contributed by atoms with Crippen molar-refractivity contribution in [3.63, 3.8) is 0 Å². The Balaban J connectivity index is 0.000000193. The van der Waals surface area contributed by atoms with Crippen molar-refractivity contribution >= 4 is 69.5 Å². The molecule has 320 valence electrons. The summed E-state index contributed by atoms with van der Waals surface area (Å²) in [7, 11) is 0. The Morgan fingerprint density at radius 3 is 1.27 bits per heavy atom. The smallest absolute Gasteiger partial charge is 0.109 e. The van der Waals surface area contributed by atoms with Gasteiger partial charge in [0.15, 0.2) is 0 Å². The third-order valence-electron chi connectivity index (χ3n) is 11.6. The Labute approximate surface area is 416 Å². The number of hydrogen-bond acceptors (Lipinski definition) is 0. The van der Waals surface area contributed by atoms with Gasteiger partial charge in [-0.2, -0.15) is 6.08 Å². The van der Waals surface area contributed by atoms with Crippen molar-refractivity contribution < 1.29 is 49.0 Å². The van der Waals surface area contributed by atoms with Crippen molar-refractivity contribution in [3.05, 3.63) is 220 Å². The largest absolute Gasteiger partial charge is 1.00 e. The van der Waals surface area contributed by atoms with E-state index in [9.17, 15) is 0 Å². The molecule has 0 radical (unpaired) electrons. The average Bonchev–Trinajstić information content (AvgIpc) is 3.98. The van der Waals surface area contributed by atoms with Crippen molar-refractivity contribution in [1.82, 2.24) is 0 Å². The summed E-state index contributed by atoms with van der Waals surface area (Å²) in [5, 5.41) is 11.5.